The minimum absolute atomic E-state index is 0.213. The summed E-state index contributed by atoms with van der Waals surface area (Å²) in [5.74, 6) is 0.724. The average molecular weight is 604 g/mol. The number of carbonyl (C=O) groups is 2. The summed E-state index contributed by atoms with van der Waals surface area (Å²) in [4.78, 5) is 31.6. The summed E-state index contributed by atoms with van der Waals surface area (Å²) >= 11 is 0. The van der Waals surface area contributed by atoms with E-state index in [9.17, 15) is 14.0 Å². The third kappa shape index (κ3) is 5.68. The molecule has 2 aliphatic carbocycles. The van der Waals surface area contributed by atoms with Crippen LogP contribution in [0.3, 0.4) is 0 Å². The minimum Gasteiger partial charge on any atom is -0.493 e. The standard InChI is InChI=1S/C37H34FN3O4/c1-22-19-31(44-18-14-23-6-7-23)29(35(42)41-37(15-16-37)32-5-3-4-17-40-32)21-27(22)25-10-13-30-28(20-25)33(36(43)39-2)34(45-30)24-8-11-26(38)12-9-24/h3-5,8-13,17,19-21,23H,6-7,14-16,18H2,1-2H3,(H,39,43)(H,41,42). The Kier molecular flexibility index (Phi) is 7.36. The molecule has 0 saturated heterocycles. The second-order valence-corrected chi connectivity index (χ2v) is 12.1. The quantitative estimate of drug-likeness (QED) is 0.172. The number of rotatable bonds is 10. The summed E-state index contributed by atoms with van der Waals surface area (Å²) in [6, 6.07) is 21.1. The minimum atomic E-state index is -0.483. The van der Waals surface area contributed by atoms with Gasteiger partial charge in [-0.1, -0.05) is 25.0 Å². The highest BCUT2D eigenvalue weighted by molar-refractivity contribution is 6.12. The molecule has 2 aromatic heterocycles. The number of carbonyl (C=O) groups excluding carboxylic acids is 2. The Bertz CT molecular complexity index is 1910. The molecule has 3 aromatic carbocycles. The molecule has 2 aliphatic rings. The van der Waals surface area contributed by atoms with Crippen molar-refractivity contribution in [3.05, 3.63) is 107 Å². The highest BCUT2D eigenvalue weighted by atomic mass is 19.1. The molecule has 45 heavy (non-hydrogen) atoms. The molecule has 0 radical (unpaired) electrons. The fourth-order valence-electron chi connectivity index (χ4n) is 5.95. The number of benzene rings is 3. The third-order valence-corrected chi connectivity index (χ3v) is 8.87. The van der Waals surface area contributed by atoms with Gasteiger partial charge in [-0.3, -0.25) is 14.6 Å². The molecule has 8 heteroatoms. The number of hydrogen-bond donors (Lipinski definition) is 2. The van der Waals surface area contributed by atoms with Crippen LogP contribution in [0.25, 0.3) is 33.4 Å². The molecule has 2 amide bonds. The Balaban J connectivity index is 1.29. The summed E-state index contributed by atoms with van der Waals surface area (Å²) in [7, 11) is 1.56. The molecule has 2 heterocycles. The summed E-state index contributed by atoms with van der Waals surface area (Å²) in [5.41, 5.74) is 4.90. The number of fused-ring (bicyclic) bond motifs is 1. The predicted octanol–water partition coefficient (Wildman–Crippen LogP) is 7.57. The lowest BCUT2D eigenvalue weighted by Crippen LogP contribution is -2.35. The molecule has 2 saturated carbocycles. The molecule has 0 spiro atoms. The molecule has 0 aliphatic heterocycles. The van der Waals surface area contributed by atoms with Gasteiger partial charge in [-0.25, -0.2) is 4.39 Å². The lowest BCUT2D eigenvalue weighted by Gasteiger charge is -2.20. The van der Waals surface area contributed by atoms with E-state index in [-0.39, 0.29) is 17.6 Å². The average Bonchev–Trinajstić information content (AvgIpc) is 3.99. The monoisotopic (exact) mass is 603 g/mol. The molecule has 2 N–H and O–H groups in total. The van der Waals surface area contributed by atoms with Crippen LogP contribution in [0.5, 0.6) is 5.75 Å². The van der Waals surface area contributed by atoms with Crippen molar-refractivity contribution in [3.63, 3.8) is 0 Å². The van der Waals surface area contributed by atoms with Crippen LogP contribution in [0.2, 0.25) is 0 Å². The second kappa shape index (κ2) is 11.5. The van der Waals surface area contributed by atoms with Crippen molar-refractivity contribution in [2.45, 2.75) is 44.6 Å². The molecule has 7 rings (SSSR count). The zero-order valence-electron chi connectivity index (χ0n) is 25.3. The van der Waals surface area contributed by atoms with Crippen LogP contribution in [0.15, 0.2) is 83.4 Å². The number of pyridine rings is 1. The normalized spacial score (nSPS) is 15.1. The molecule has 0 bridgehead atoms. The van der Waals surface area contributed by atoms with Gasteiger partial charge in [0.05, 0.1) is 29.0 Å². The van der Waals surface area contributed by atoms with Crippen molar-refractivity contribution in [1.29, 1.82) is 0 Å². The number of aromatic nitrogens is 1. The molecule has 5 aromatic rings. The van der Waals surface area contributed by atoms with Gasteiger partial charge in [0.1, 0.15) is 22.9 Å². The Morgan fingerprint density at radius 1 is 1.00 bits per heavy atom. The molecule has 2 fully saturated rings. The highest BCUT2D eigenvalue weighted by Gasteiger charge is 2.47. The first kappa shape index (κ1) is 28.8. The largest absolute Gasteiger partial charge is 0.493 e. The second-order valence-electron chi connectivity index (χ2n) is 12.1. The van der Waals surface area contributed by atoms with Crippen molar-refractivity contribution in [3.8, 4) is 28.2 Å². The van der Waals surface area contributed by atoms with Gasteiger partial charge in [0.25, 0.3) is 11.8 Å². The molecule has 228 valence electrons. The number of aryl methyl sites for hydroxylation is 1. The van der Waals surface area contributed by atoms with E-state index >= 15 is 0 Å². The van der Waals surface area contributed by atoms with Crippen molar-refractivity contribution < 1.29 is 23.1 Å². The third-order valence-electron chi connectivity index (χ3n) is 8.87. The summed E-state index contributed by atoms with van der Waals surface area (Å²) < 4.78 is 26.1. The number of furan rings is 1. The van der Waals surface area contributed by atoms with E-state index in [0.29, 0.717) is 51.7 Å². The summed E-state index contributed by atoms with van der Waals surface area (Å²) in [6.07, 6.45) is 6.83. The SMILES string of the molecule is CNC(=O)c1c(-c2ccc(F)cc2)oc2ccc(-c3cc(C(=O)NC4(c5ccccn5)CC4)c(OCCC4CC4)cc3C)cc12. The first-order chi connectivity index (χ1) is 21.8. The van der Waals surface area contributed by atoms with Crippen LogP contribution in [0.1, 0.15) is 64.1 Å². The lowest BCUT2D eigenvalue weighted by molar-refractivity contribution is 0.0923. The van der Waals surface area contributed by atoms with Crippen molar-refractivity contribution in [1.82, 2.24) is 15.6 Å². The van der Waals surface area contributed by atoms with Crippen molar-refractivity contribution in [2.24, 2.45) is 5.92 Å². The van der Waals surface area contributed by atoms with Gasteiger partial charge >= 0.3 is 0 Å². The van der Waals surface area contributed by atoms with Crippen LogP contribution < -0.4 is 15.4 Å². The van der Waals surface area contributed by atoms with Crippen LogP contribution in [0.4, 0.5) is 4.39 Å². The molecule has 0 unspecified atom stereocenters. The Morgan fingerprint density at radius 2 is 1.78 bits per heavy atom. The summed E-state index contributed by atoms with van der Waals surface area (Å²) in [6.45, 7) is 2.54. The van der Waals surface area contributed by atoms with Crippen molar-refractivity contribution in [2.75, 3.05) is 13.7 Å². The maximum atomic E-state index is 14.0. The van der Waals surface area contributed by atoms with Gasteiger partial charge in [0, 0.05) is 24.2 Å². The fraction of sp³-hybridized carbons (Fsp3) is 0.270. The van der Waals surface area contributed by atoms with E-state index in [2.05, 4.69) is 15.6 Å². The van der Waals surface area contributed by atoms with Crippen molar-refractivity contribution >= 4 is 22.8 Å². The predicted molar refractivity (Wildman–Crippen MR) is 171 cm³/mol. The van der Waals surface area contributed by atoms with Gasteiger partial charge in [-0.2, -0.15) is 0 Å². The smallest absolute Gasteiger partial charge is 0.255 e. The highest BCUT2D eigenvalue weighted by Crippen LogP contribution is 2.45. The Morgan fingerprint density at radius 3 is 2.47 bits per heavy atom. The number of halogens is 1. The van der Waals surface area contributed by atoms with Gasteiger partial charge in [0.15, 0.2) is 0 Å². The van der Waals surface area contributed by atoms with Gasteiger partial charge < -0.3 is 19.8 Å². The molecule has 7 nitrogen and oxygen atoms in total. The lowest BCUT2D eigenvalue weighted by atomic mass is 9.94. The first-order valence-electron chi connectivity index (χ1n) is 15.4. The summed E-state index contributed by atoms with van der Waals surface area (Å²) in [5, 5.41) is 6.59. The van der Waals surface area contributed by atoms with E-state index in [1.807, 2.05) is 55.5 Å². The van der Waals surface area contributed by atoms with Crippen LogP contribution in [-0.4, -0.2) is 30.5 Å². The van der Waals surface area contributed by atoms with Gasteiger partial charge in [0.2, 0.25) is 0 Å². The molecular formula is C37H34FN3O4. The van der Waals surface area contributed by atoms with Gasteiger partial charge in [-0.15, -0.1) is 0 Å². The van der Waals surface area contributed by atoms with Crippen LogP contribution >= 0.6 is 0 Å². The number of nitrogens with one attached hydrogen (secondary N) is 2. The fourth-order valence-corrected chi connectivity index (χ4v) is 5.95. The Labute approximate surface area is 260 Å². The van der Waals surface area contributed by atoms with E-state index in [1.165, 1.54) is 25.0 Å². The van der Waals surface area contributed by atoms with E-state index < -0.39 is 5.54 Å². The first-order valence-corrected chi connectivity index (χ1v) is 15.4. The Hall–Kier alpha value is -4.98. The molecular weight excluding hydrogens is 569 g/mol. The number of amides is 2. The topological polar surface area (TPSA) is 93.5 Å². The maximum absolute atomic E-state index is 14.0. The zero-order chi connectivity index (χ0) is 31.1. The number of hydrogen-bond acceptors (Lipinski definition) is 5. The number of ether oxygens (including phenoxy) is 1. The van der Waals surface area contributed by atoms with Gasteiger partial charge in [-0.05, 0) is 109 Å². The van der Waals surface area contributed by atoms with Crippen LogP contribution in [-0.2, 0) is 5.54 Å². The van der Waals surface area contributed by atoms with E-state index in [4.69, 9.17) is 9.15 Å². The van der Waals surface area contributed by atoms with E-state index in [0.717, 1.165) is 41.6 Å². The zero-order valence-corrected chi connectivity index (χ0v) is 25.3. The molecule has 0 atom stereocenters. The van der Waals surface area contributed by atoms with Crippen LogP contribution in [0, 0.1) is 18.7 Å². The maximum Gasteiger partial charge on any atom is 0.255 e. The number of nitrogens with zero attached hydrogens (tertiary/aromatic N) is 1. The van der Waals surface area contributed by atoms with E-state index in [1.54, 1.807) is 25.4 Å².